The van der Waals surface area contributed by atoms with Crippen LogP contribution < -0.4 is 0 Å². The number of imidazole rings is 1. The SMILES string of the molecule is O=C(c1cn2cc(Br)cc(F)c2n1)N1CC[C@H](N2CCc3ccccc3C2)[C@@H](O)C1. The van der Waals surface area contributed by atoms with Crippen LogP contribution in [0, 0.1) is 5.82 Å². The average molecular weight is 473 g/mol. The van der Waals surface area contributed by atoms with Crippen molar-refractivity contribution < 1.29 is 14.3 Å². The molecule has 1 fully saturated rings. The molecule has 2 aliphatic rings. The maximum absolute atomic E-state index is 14.1. The van der Waals surface area contributed by atoms with E-state index < -0.39 is 11.9 Å². The highest BCUT2D eigenvalue weighted by Gasteiger charge is 2.36. The van der Waals surface area contributed by atoms with E-state index in [-0.39, 0.29) is 29.8 Å². The van der Waals surface area contributed by atoms with E-state index in [0.29, 0.717) is 17.4 Å². The molecule has 1 saturated heterocycles. The minimum absolute atomic E-state index is 0.0249. The summed E-state index contributed by atoms with van der Waals surface area (Å²) >= 11 is 3.25. The number of aromatic nitrogens is 2. The Morgan fingerprint density at radius 3 is 2.80 bits per heavy atom. The van der Waals surface area contributed by atoms with Crippen molar-refractivity contribution in [2.45, 2.75) is 31.5 Å². The van der Waals surface area contributed by atoms with Crippen molar-refractivity contribution in [3.63, 3.8) is 0 Å². The Morgan fingerprint density at radius 1 is 1.20 bits per heavy atom. The first kappa shape index (κ1) is 19.7. The first-order valence-corrected chi connectivity index (χ1v) is 10.9. The van der Waals surface area contributed by atoms with Gasteiger partial charge in [-0.05, 0) is 46.0 Å². The summed E-state index contributed by atoms with van der Waals surface area (Å²) in [5, 5.41) is 10.8. The predicted molar refractivity (Wildman–Crippen MR) is 114 cm³/mol. The van der Waals surface area contributed by atoms with Crippen LogP contribution in [-0.4, -0.2) is 62.0 Å². The van der Waals surface area contributed by atoms with Crippen molar-refractivity contribution in [2.24, 2.45) is 0 Å². The van der Waals surface area contributed by atoms with Crippen molar-refractivity contribution in [1.82, 2.24) is 19.2 Å². The van der Waals surface area contributed by atoms with E-state index in [4.69, 9.17) is 0 Å². The number of fused-ring (bicyclic) bond motifs is 2. The lowest BCUT2D eigenvalue weighted by molar-refractivity contribution is -0.0139. The molecule has 2 aromatic heterocycles. The molecule has 2 atom stereocenters. The molecule has 4 heterocycles. The second kappa shape index (κ2) is 7.76. The molecule has 1 aromatic carbocycles. The van der Waals surface area contributed by atoms with Crippen molar-refractivity contribution in [2.75, 3.05) is 19.6 Å². The monoisotopic (exact) mass is 472 g/mol. The fraction of sp³-hybridized carbons (Fsp3) is 0.364. The molecule has 1 N–H and O–H groups in total. The molecule has 0 unspecified atom stereocenters. The summed E-state index contributed by atoms with van der Waals surface area (Å²) < 4.78 is 16.2. The molecule has 0 saturated carbocycles. The topological polar surface area (TPSA) is 61.1 Å². The van der Waals surface area contributed by atoms with Crippen molar-refractivity contribution in [3.05, 3.63) is 69.8 Å². The number of aliphatic hydroxyl groups excluding tert-OH is 1. The molecule has 0 spiro atoms. The number of hydrogen-bond donors (Lipinski definition) is 1. The van der Waals surface area contributed by atoms with Gasteiger partial charge in [0.15, 0.2) is 11.5 Å². The first-order chi connectivity index (χ1) is 14.5. The Hall–Kier alpha value is -2.29. The number of β-amino-alcohol motifs (C(OH)–C–C–N with tert-alkyl or cyclic N) is 1. The fourth-order valence-corrected chi connectivity index (χ4v) is 5.04. The van der Waals surface area contributed by atoms with Gasteiger partial charge >= 0.3 is 0 Å². The number of carbonyl (C=O) groups is 1. The number of carbonyl (C=O) groups excluding carboxylic acids is 1. The first-order valence-electron chi connectivity index (χ1n) is 10.1. The van der Waals surface area contributed by atoms with Crippen LogP contribution in [0.25, 0.3) is 5.65 Å². The minimum atomic E-state index is -0.629. The number of pyridine rings is 1. The van der Waals surface area contributed by atoms with Gasteiger partial charge in [0.25, 0.3) is 5.91 Å². The Kier molecular flexibility index (Phi) is 5.08. The highest BCUT2D eigenvalue weighted by molar-refractivity contribution is 9.10. The van der Waals surface area contributed by atoms with Crippen molar-refractivity contribution >= 4 is 27.5 Å². The van der Waals surface area contributed by atoms with Gasteiger partial charge in [-0.15, -0.1) is 0 Å². The third kappa shape index (κ3) is 3.53. The van der Waals surface area contributed by atoms with Gasteiger partial charge in [-0.2, -0.15) is 0 Å². The van der Waals surface area contributed by atoms with Crippen molar-refractivity contribution in [1.29, 1.82) is 0 Å². The molecule has 0 radical (unpaired) electrons. The maximum Gasteiger partial charge on any atom is 0.274 e. The van der Waals surface area contributed by atoms with Crippen LogP contribution in [0.4, 0.5) is 4.39 Å². The summed E-state index contributed by atoms with van der Waals surface area (Å²) in [7, 11) is 0. The standard InChI is InChI=1S/C22H22BrFN4O2/c23-16-9-17(24)21-25-18(12-28(21)11-16)22(30)27-8-6-19(20(29)13-27)26-7-5-14-3-1-2-4-15(14)10-26/h1-4,9,11-12,19-20,29H,5-8,10,13H2/t19-,20-/m0/s1. The predicted octanol–water partition coefficient (Wildman–Crippen LogP) is 2.87. The Balaban J connectivity index is 1.29. The van der Waals surface area contributed by atoms with E-state index in [0.717, 1.165) is 19.5 Å². The summed E-state index contributed by atoms with van der Waals surface area (Å²) in [4.78, 5) is 21.1. The van der Waals surface area contributed by atoms with Crippen LogP contribution in [0.5, 0.6) is 0 Å². The fourth-order valence-electron chi connectivity index (χ4n) is 4.62. The van der Waals surface area contributed by atoms with Gasteiger partial charge in [0.05, 0.1) is 6.10 Å². The molecule has 30 heavy (non-hydrogen) atoms. The molecule has 2 aliphatic heterocycles. The lowest BCUT2D eigenvalue weighted by Gasteiger charge is -2.43. The molecular weight excluding hydrogens is 451 g/mol. The van der Waals surface area contributed by atoms with E-state index in [1.807, 2.05) is 0 Å². The zero-order chi connectivity index (χ0) is 20.8. The third-order valence-electron chi connectivity index (χ3n) is 6.15. The van der Waals surface area contributed by atoms with E-state index in [9.17, 15) is 14.3 Å². The second-order valence-corrected chi connectivity index (χ2v) is 8.94. The number of hydrogen-bond acceptors (Lipinski definition) is 4. The maximum atomic E-state index is 14.1. The summed E-state index contributed by atoms with van der Waals surface area (Å²) in [6.07, 6.45) is 4.24. The molecule has 1 amide bonds. The molecular formula is C22H22BrFN4O2. The number of nitrogens with zero attached hydrogens (tertiary/aromatic N) is 4. The Morgan fingerprint density at radius 2 is 2.00 bits per heavy atom. The Labute approximate surface area is 182 Å². The van der Waals surface area contributed by atoms with Gasteiger partial charge < -0.3 is 14.4 Å². The van der Waals surface area contributed by atoms with E-state index >= 15 is 0 Å². The number of halogens is 2. The van der Waals surface area contributed by atoms with Crippen LogP contribution in [0.2, 0.25) is 0 Å². The molecule has 156 valence electrons. The highest BCUT2D eigenvalue weighted by atomic mass is 79.9. The summed E-state index contributed by atoms with van der Waals surface area (Å²) in [6, 6.07) is 9.78. The van der Waals surface area contributed by atoms with Crippen molar-refractivity contribution in [3.8, 4) is 0 Å². The zero-order valence-electron chi connectivity index (χ0n) is 16.3. The summed E-state index contributed by atoms with van der Waals surface area (Å²) in [6.45, 7) is 2.53. The van der Waals surface area contributed by atoms with Crippen LogP contribution >= 0.6 is 15.9 Å². The number of likely N-dealkylation sites (tertiary alicyclic amines) is 1. The molecule has 8 heteroatoms. The molecule has 0 bridgehead atoms. The van der Waals surface area contributed by atoms with Gasteiger partial charge in [-0.3, -0.25) is 9.69 Å². The van der Waals surface area contributed by atoms with Gasteiger partial charge in [0.2, 0.25) is 0 Å². The second-order valence-electron chi connectivity index (χ2n) is 8.03. The average Bonchev–Trinajstić information content (AvgIpc) is 3.17. The number of amides is 1. The van der Waals surface area contributed by atoms with Crippen LogP contribution in [-0.2, 0) is 13.0 Å². The quantitative estimate of drug-likeness (QED) is 0.622. The van der Waals surface area contributed by atoms with E-state index in [1.54, 1.807) is 11.1 Å². The lowest BCUT2D eigenvalue weighted by atomic mass is 9.94. The van der Waals surface area contributed by atoms with Gasteiger partial charge in [0.1, 0.15) is 5.69 Å². The van der Waals surface area contributed by atoms with E-state index in [1.165, 1.54) is 27.8 Å². The molecule has 5 rings (SSSR count). The van der Waals surface area contributed by atoms with E-state index in [2.05, 4.69) is 50.1 Å². The number of aliphatic hydroxyl groups is 1. The largest absolute Gasteiger partial charge is 0.390 e. The number of benzene rings is 1. The Bertz CT molecular complexity index is 1120. The molecule has 3 aromatic rings. The number of piperidine rings is 1. The normalized spacial score (nSPS) is 22.3. The summed E-state index contributed by atoms with van der Waals surface area (Å²) in [5.74, 6) is -0.775. The smallest absolute Gasteiger partial charge is 0.274 e. The van der Waals surface area contributed by atoms with Gasteiger partial charge in [0, 0.05) is 49.1 Å². The minimum Gasteiger partial charge on any atom is -0.390 e. The summed E-state index contributed by atoms with van der Waals surface area (Å²) in [5.41, 5.74) is 2.99. The third-order valence-corrected chi connectivity index (χ3v) is 6.59. The number of rotatable bonds is 2. The van der Waals surface area contributed by atoms with Crippen LogP contribution in [0.1, 0.15) is 28.0 Å². The highest BCUT2D eigenvalue weighted by Crippen LogP contribution is 2.26. The lowest BCUT2D eigenvalue weighted by Crippen LogP contribution is -2.56. The van der Waals surface area contributed by atoms with Gasteiger partial charge in [-0.25, -0.2) is 9.37 Å². The van der Waals surface area contributed by atoms with Crippen LogP contribution in [0.15, 0.2) is 47.2 Å². The van der Waals surface area contributed by atoms with Gasteiger partial charge in [-0.1, -0.05) is 24.3 Å². The zero-order valence-corrected chi connectivity index (χ0v) is 17.9. The molecule has 0 aliphatic carbocycles. The molecule has 6 nitrogen and oxygen atoms in total. The van der Waals surface area contributed by atoms with Crippen LogP contribution in [0.3, 0.4) is 0 Å².